The van der Waals surface area contributed by atoms with Crippen LogP contribution in [0, 0.1) is 17.5 Å². The maximum absolute atomic E-state index is 14.2. The Kier molecular flexibility index (Phi) is 2.85. The molecule has 0 bridgehead atoms. The Morgan fingerprint density at radius 2 is 1.92 bits per heavy atom. The topological polar surface area (TPSA) is 83.9 Å². The number of aromatic amines is 2. The van der Waals surface area contributed by atoms with Crippen molar-refractivity contribution in [2.75, 3.05) is 0 Å². The predicted molar refractivity (Wildman–Crippen MR) is 83.2 cm³/mol. The molecule has 6 nitrogen and oxygen atoms in total. The maximum Gasteiger partial charge on any atom is 0.434 e. The summed E-state index contributed by atoms with van der Waals surface area (Å²) >= 11 is 0. The van der Waals surface area contributed by atoms with Crippen molar-refractivity contribution in [2.45, 2.75) is 6.10 Å². The van der Waals surface area contributed by atoms with Gasteiger partial charge in [0.2, 0.25) is 6.10 Å². The number of benzene rings is 2. The molecule has 0 unspecified atom stereocenters. The van der Waals surface area contributed by atoms with E-state index in [4.69, 9.17) is 9.15 Å². The van der Waals surface area contributed by atoms with Gasteiger partial charge >= 0.3 is 5.76 Å². The second kappa shape index (κ2) is 5.01. The molecule has 0 spiro atoms. The van der Waals surface area contributed by atoms with Gasteiger partial charge in [0.25, 0.3) is 5.89 Å². The van der Waals surface area contributed by atoms with Crippen molar-refractivity contribution in [3.05, 3.63) is 69.8 Å². The van der Waals surface area contributed by atoms with Crippen LogP contribution in [-0.2, 0) is 0 Å². The maximum atomic E-state index is 14.2. The van der Waals surface area contributed by atoms with Crippen LogP contribution >= 0.6 is 0 Å². The molecule has 1 aliphatic heterocycles. The first-order valence-electron chi connectivity index (χ1n) is 7.54. The number of H-pyrrole nitrogens is 2. The van der Waals surface area contributed by atoms with Crippen molar-refractivity contribution in [3.8, 4) is 17.0 Å². The van der Waals surface area contributed by atoms with E-state index in [0.717, 1.165) is 18.2 Å². The fraction of sp³-hybridized carbons (Fsp3) is 0.0588. The average molecular weight is 359 g/mol. The molecule has 0 saturated carbocycles. The molecule has 5 rings (SSSR count). The standard InChI is InChI=1S/C17H8F3N3O3/c18-6-1-2-8-11(5-6)25-15(16-22-23-17(24)26-16)12-9-3-7(19)4-10(20)13(9)21-14(8)12/h1-5,15,21H,(H,23,24)/t15-/m1/s1. The van der Waals surface area contributed by atoms with Crippen LogP contribution in [0.25, 0.3) is 22.2 Å². The Bertz CT molecular complexity index is 1240. The number of aromatic nitrogens is 3. The zero-order valence-corrected chi connectivity index (χ0v) is 12.8. The summed E-state index contributed by atoms with van der Waals surface area (Å²) in [6.45, 7) is 0. The molecule has 0 radical (unpaired) electrons. The third-order valence-corrected chi connectivity index (χ3v) is 4.26. The molecule has 2 N–H and O–H groups in total. The summed E-state index contributed by atoms with van der Waals surface area (Å²) in [6, 6.07) is 5.73. The Labute approximate surface area is 142 Å². The summed E-state index contributed by atoms with van der Waals surface area (Å²) in [5, 5.41) is 6.06. The summed E-state index contributed by atoms with van der Waals surface area (Å²) in [5.41, 5.74) is 1.26. The highest BCUT2D eigenvalue weighted by atomic mass is 19.1. The first kappa shape index (κ1) is 14.8. The Morgan fingerprint density at radius 3 is 2.69 bits per heavy atom. The molecule has 0 amide bonds. The first-order chi connectivity index (χ1) is 12.5. The van der Waals surface area contributed by atoms with E-state index in [1.807, 2.05) is 0 Å². The van der Waals surface area contributed by atoms with Crippen molar-refractivity contribution in [1.29, 1.82) is 0 Å². The molecule has 3 heterocycles. The smallest absolute Gasteiger partial charge is 0.434 e. The Hall–Kier alpha value is -3.49. The number of halogens is 3. The van der Waals surface area contributed by atoms with Gasteiger partial charge in [-0.2, -0.15) is 0 Å². The summed E-state index contributed by atoms with van der Waals surface area (Å²) in [5.74, 6) is -2.91. The van der Waals surface area contributed by atoms with Crippen LogP contribution in [0.5, 0.6) is 5.75 Å². The number of hydrogen-bond donors (Lipinski definition) is 2. The Morgan fingerprint density at radius 1 is 1.08 bits per heavy atom. The highest BCUT2D eigenvalue weighted by Crippen LogP contribution is 2.47. The van der Waals surface area contributed by atoms with Crippen molar-refractivity contribution in [1.82, 2.24) is 15.2 Å². The third-order valence-electron chi connectivity index (χ3n) is 4.26. The van der Waals surface area contributed by atoms with Gasteiger partial charge in [-0.25, -0.2) is 23.1 Å². The molecule has 1 atom stereocenters. The lowest BCUT2D eigenvalue weighted by Crippen LogP contribution is -2.15. The molecule has 0 aliphatic carbocycles. The van der Waals surface area contributed by atoms with Gasteiger partial charge in [-0.1, -0.05) is 0 Å². The van der Waals surface area contributed by atoms with E-state index < -0.39 is 29.3 Å². The van der Waals surface area contributed by atoms with E-state index in [1.165, 1.54) is 12.1 Å². The number of hydrogen-bond acceptors (Lipinski definition) is 4. The van der Waals surface area contributed by atoms with E-state index in [1.54, 1.807) is 0 Å². The lowest BCUT2D eigenvalue weighted by Gasteiger charge is -2.24. The molecular weight excluding hydrogens is 351 g/mol. The molecule has 1 aliphatic rings. The molecule has 0 fully saturated rings. The van der Waals surface area contributed by atoms with Gasteiger partial charge in [0.1, 0.15) is 23.2 Å². The number of nitrogens with one attached hydrogen (secondary N) is 2. The number of ether oxygens (including phenoxy) is 1. The van der Waals surface area contributed by atoms with Gasteiger partial charge in [0.05, 0.1) is 11.2 Å². The monoisotopic (exact) mass is 359 g/mol. The van der Waals surface area contributed by atoms with Gasteiger partial charge in [-0.3, -0.25) is 0 Å². The van der Waals surface area contributed by atoms with Crippen LogP contribution in [0.3, 0.4) is 0 Å². The second-order valence-corrected chi connectivity index (χ2v) is 5.81. The zero-order valence-electron chi connectivity index (χ0n) is 12.8. The Balaban J connectivity index is 1.88. The van der Waals surface area contributed by atoms with Crippen LogP contribution in [0.15, 0.2) is 39.5 Å². The van der Waals surface area contributed by atoms with E-state index in [9.17, 15) is 18.0 Å². The molecule has 130 valence electrons. The summed E-state index contributed by atoms with van der Waals surface area (Å²) in [7, 11) is 0. The molecule has 9 heteroatoms. The zero-order chi connectivity index (χ0) is 18.0. The minimum Gasteiger partial charge on any atom is -0.475 e. The van der Waals surface area contributed by atoms with Crippen LogP contribution < -0.4 is 10.5 Å². The number of fused-ring (bicyclic) bond motifs is 5. The van der Waals surface area contributed by atoms with Gasteiger partial charge in [0, 0.05) is 28.6 Å². The second-order valence-electron chi connectivity index (χ2n) is 5.81. The first-order valence-corrected chi connectivity index (χ1v) is 7.54. The largest absolute Gasteiger partial charge is 0.475 e. The highest BCUT2D eigenvalue weighted by molar-refractivity contribution is 5.94. The SMILES string of the molecule is O=c1[nH]nc([C@@H]2Oc3cc(F)ccc3-c3[nH]c4c(F)cc(F)cc4c32)o1. The molecule has 2 aromatic carbocycles. The summed E-state index contributed by atoms with van der Waals surface area (Å²) in [4.78, 5) is 14.2. The highest BCUT2D eigenvalue weighted by Gasteiger charge is 2.35. The van der Waals surface area contributed by atoms with E-state index in [2.05, 4.69) is 15.2 Å². The fourth-order valence-electron chi connectivity index (χ4n) is 3.24. The normalized spacial score (nSPS) is 15.6. The van der Waals surface area contributed by atoms with Crippen LogP contribution in [0.4, 0.5) is 13.2 Å². The van der Waals surface area contributed by atoms with Gasteiger partial charge in [-0.05, 0) is 18.2 Å². The summed E-state index contributed by atoms with van der Waals surface area (Å²) in [6.07, 6.45) is -1.09. The van der Waals surface area contributed by atoms with Gasteiger partial charge < -0.3 is 14.1 Å². The lowest BCUT2D eigenvalue weighted by molar-refractivity contribution is 0.202. The number of nitrogens with zero attached hydrogens (tertiary/aromatic N) is 1. The van der Waals surface area contributed by atoms with E-state index in [0.29, 0.717) is 16.8 Å². The summed E-state index contributed by atoms with van der Waals surface area (Å²) < 4.78 is 52.4. The fourth-order valence-corrected chi connectivity index (χ4v) is 3.24. The van der Waals surface area contributed by atoms with Crippen LogP contribution in [0.2, 0.25) is 0 Å². The van der Waals surface area contributed by atoms with Crippen molar-refractivity contribution < 1.29 is 22.3 Å². The molecule has 2 aromatic heterocycles. The van der Waals surface area contributed by atoms with Crippen molar-refractivity contribution in [2.24, 2.45) is 0 Å². The molecule has 26 heavy (non-hydrogen) atoms. The number of rotatable bonds is 1. The minimum atomic E-state index is -1.09. The lowest BCUT2D eigenvalue weighted by atomic mass is 9.97. The van der Waals surface area contributed by atoms with Crippen molar-refractivity contribution >= 4 is 10.9 Å². The molecule has 0 saturated heterocycles. The van der Waals surface area contributed by atoms with E-state index in [-0.39, 0.29) is 22.5 Å². The van der Waals surface area contributed by atoms with E-state index >= 15 is 0 Å². The average Bonchev–Trinajstić information content (AvgIpc) is 3.18. The van der Waals surface area contributed by atoms with Gasteiger partial charge in [-0.15, -0.1) is 5.10 Å². The van der Waals surface area contributed by atoms with Gasteiger partial charge in [0.15, 0.2) is 0 Å². The van der Waals surface area contributed by atoms with Crippen LogP contribution in [0.1, 0.15) is 17.6 Å². The predicted octanol–water partition coefficient (Wildman–Crippen LogP) is 3.41. The molecular formula is C17H8F3N3O3. The quantitative estimate of drug-likeness (QED) is 0.546. The van der Waals surface area contributed by atoms with Crippen molar-refractivity contribution in [3.63, 3.8) is 0 Å². The van der Waals surface area contributed by atoms with Crippen LogP contribution in [-0.4, -0.2) is 15.2 Å². The molecule has 4 aromatic rings. The third kappa shape index (κ3) is 2.00. The minimum absolute atomic E-state index is 0.0556.